The predicted octanol–water partition coefficient (Wildman–Crippen LogP) is 0.710. The number of fused-ring (bicyclic) bond motifs is 1. The smallest absolute Gasteiger partial charge is 0.246 e. The lowest BCUT2D eigenvalue weighted by Crippen LogP contribution is -2.59. The first-order valence-corrected chi connectivity index (χ1v) is 9.17. The molecule has 2 heterocycles. The molecule has 3 amide bonds. The number of amides is 3. The Bertz CT molecular complexity index is 683. The van der Waals surface area contributed by atoms with E-state index in [9.17, 15) is 14.4 Å². The lowest BCUT2D eigenvalue weighted by atomic mass is 9.97. The van der Waals surface area contributed by atoms with Gasteiger partial charge in [-0.15, -0.1) is 12.4 Å². The molecule has 7 nitrogen and oxygen atoms in total. The molecule has 0 bridgehead atoms. The van der Waals surface area contributed by atoms with Gasteiger partial charge in [-0.2, -0.15) is 0 Å². The van der Waals surface area contributed by atoms with E-state index in [0.717, 1.165) is 18.4 Å². The van der Waals surface area contributed by atoms with Crippen molar-refractivity contribution in [3.05, 3.63) is 35.9 Å². The van der Waals surface area contributed by atoms with E-state index in [-0.39, 0.29) is 36.2 Å². The van der Waals surface area contributed by atoms with Crippen LogP contribution in [0, 0.1) is 0 Å². The second kappa shape index (κ2) is 9.19. The summed E-state index contributed by atoms with van der Waals surface area (Å²) < 4.78 is 0. The first-order chi connectivity index (χ1) is 12.5. The number of benzene rings is 1. The lowest BCUT2D eigenvalue weighted by Gasteiger charge is -2.38. The van der Waals surface area contributed by atoms with Crippen LogP contribution in [0.2, 0.25) is 0 Å². The minimum absolute atomic E-state index is 0. The van der Waals surface area contributed by atoms with Crippen LogP contribution in [0.3, 0.4) is 0 Å². The summed E-state index contributed by atoms with van der Waals surface area (Å²) in [4.78, 5) is 39.0. The number of hydrogen-bond acceptors (Lipinski definition) is 4. The van der Waals surface area contributed by atoms with Gasteiger partial charge in [0.2, 0.25) is 17.7 Å². The fraction of sp³-hybridized carbons (Fsp3) is 0.526. The monoisotopic (exact) mass is 394 g/mol. The van der Waals surface area contributed by atoms with Crippen LogP contribution in [0.25, 0.3) is 0 Å². The Kier molecular flexibility index (Phi) is 7.21. The molecule has 4 N–H and O–H groups in total. The molecule has 0 spiro atoms. The van der Waals surface area contributed by atoms with Crippen LogP contribution in [0.5, 0.6) is 0 Å². The molecule has 0 saturated carbocycles. The molecule has 1 unspecified atom stereocenters. The van der Waals surface area contributed by atoms with Crippen LogP contribution in [-0.2, 0) is 20.9 Å². The molecule has 0 aromatic heterocycles. The molecule has 0 aliphatic carbocycles. The summed E-state index contributed by atoms with van der Waals surface area (Å²) in [5, 5.41) is 5.64. The molecule has 2 aliphatic heterocycles. The van der Waals surface area contributed by atoms with Gasteiger partial charge in [-0.1, -0.05) is 30.3 Å². The summed E-state index contributed by atoms with van der Waals surface area (Å²) in [5.41, 5.74) is 6.59. The summed E-state index contributed by atoms with van der Waals surface area (Å²) in [7, 11) is 0. The molecule has 2 saturated heterocycles. The van der Waals surface area contributed by atoms with Crippen LogP contribution in [-0.4, -0.2) is 46.8 Å². The molecule has 0 radical (unpaired) electrons. The van der Waals surface area contributed by atoms with E-state index >= 15 is 0 Å². The van der Waals surface area contributed by atoms with E-state index in [2.05, 4.69) is 10.6 Å². The second-order valence-electron chi connectivity index (χ2n) is 7.12. The maximum Gasteiger partial charge on any atom is 0.246 e. The van der Waals surface area contributed by atoms with Gasteiger partial charge in [0.1, 0.15) is 12.1 Å². The van der Waals surface area contributed by atoms with Crippen molar-refractivity contribution in [1.29, 1.82) is 0 Å². The Morgan fingerprint density at radius 3 is 2.52 bits per heavy atom. The van der Waals surface area contributed by atoms with Gasteiger partial charge in [0, 0.05) is 12.6 Å². The van der Waals surface area contributed by atoms with Gasteiger partial charge in [-0.25, -0.2) is 0 Å². The highest BCUT2D eigenvalue weighted by Crippen LogP contribution is 2.32. The molecule has 8 heteroatoms. The topological polar surface area (TPSA) is 105 Å². The second-order valence-corrected chi connectivity index (χ2v) is 7.12. The fourth-order valence-corrected chi connectivity index (χ4v) is 3.76. The zero-order valence-electron chi connectivity index (χ0n) is 15.4. The number of halogens is 1. The molecule has 2 fully saturated rings. The Morgan fingerprint density at radius 1 is 1.19 bits per heavy atom. The quantitative estimate of drug-likeness (QED) is 0.684. The highest BCUT2D eigenvalue weighted by Gasteiger charge is 2.46. The SMILES string of the molecule is C[C@H](N)C(=O)N[C@H]1CCC2CC[C@@H](C(=O)NCc3ccccc3)N2C1=O.Cl. The minimum Gasteiger partial charge on any atom is -0.350 e. The molecule has 3 rings (SSSR count). The van der Waals surface area contributed by atoms with Crippen molar-refractivity contribution in [3.8, 4) is 0 Å². The van der Waals surface area contributed by atoms with E-state index in [1.165, 1.54) is 0 Å². The van der Waals surface area contributed by atoms with Crippen molar-refractivity contribution in [1.82, 2.24) is 15.5 Å². The maximum atomic E-state index is 12.8. The van der Waals surface area contributed by atoms with Gasteiger partial charge in [0.05, 0.1) is 6.04 Å². The first kappa shape index (κ1) is 21.2. The molecule has 1 aromatic rings. The number of rotatable bonds is 5. The van der Waals surface area contributed by atoms with Crippen LogP contribution in [0.1, 0.15) is 38.2 Å². The third kappa shape index (κ3) is 4.78. The normalized spacial score (nSPS) is 25.2. The van der Waals surface area contributed by atoms with Crippen molar-refractivity contribution in [2.75, 3.05) is 0 Å². The number of hydrogen-bond donors (Lipinski definition) is 3. The van der Waals surface area contributed by atoms with Crippen molar-refractivity contribution in [2.45, 2.75) is 63.3 Å². The van der Waals surface area contributed by atoms with Gasteiger partial charge in [-0.05, 0) is 38.2 Å². The van der Waals surface area contributed by atoms with E-state index < -0.39 is 18.1 Å². The number of carbonyl (C=O) groups is 3. The van der Waals surface area contributed by atoms with Crippen molar-refractivity contribution in [2.24, 2.45) is 5.73 Å². The van der Waals surface area contributed by atoms with Gasteiger partial charge in [0.25, 0.3) is 0 Å². The van der Waals surface area contributed by atoms with E-state index in [0.29, 0.717) is 19.4 Å². The van der Waals surface area contributed by atoms with Crippen LogP contribution in [0.4, 0.5) is 0 Å². The summed E-state index contributed by atoms with van der Waals surface area (Å²) in [5.74, 6) is -0.650. The standard InChI is InChI=1S/C19H26N4O3.ClH/c1-12(20)17(24)22-15-9-7-14-8-10-16(23(14)19(15)26)18(25)21-11-13-5-3-2-4-6-13;/h2-6,12,14-16H,7-11,20H2,1H3,(H,21,25)(H,22,24);1H/t12-,14?,15-,16-;/m0./s1. The third-order valence-electron chi connectivity index (χ3n) is 5.19. The number of nitrogens with two attached hydrogens (primary N) is 1. The molecular formula is C19H27ClN4O3. The van der Waals surface area contributed by atoms with E-state index in [1.807, 2.05) is 30.3 Å². The van der Waals surface area contributed by atoms with Gasteiger partial charge in [-0.3, -0.25) is 14.4 Å². The predicted molar refractivity (Wildman–Crippen MR) is 104 cm³/mol. The van der Waals surface area contributed by atoms with Crippen LogP contribution < -0.4 is 16.4 Å². The summed E-state index contributed by atoms with van der Waals surface area (Å²) in [6.45, 7) is 2.02. The minimum atomic E-state index is -0.663. The average Bonchev–Trinajstić information content (AvgIpc) is 3.07. The molecule has 1 aromatic carbocycles. The number of piperidine rings is 1. The first-order valence-electron chi connectivity index (χ1n) is 9.17. The van der Waals surface area contributed by atoms with E-state index in [4.69, 9.17) is 5.73 Å². The van der Waals surface area contributed by atoms with Crippen molar-refractivity contribution in [3.63, 3.8) is 0 Å². The fourth-order valence-electron chi connectivity index (χ4n) is 3.76. The molecule has 2 aliphatic rings. The Labute approximate surface area is 165 Å². The Balaban J connectivity index is 0.00000261. The van der Waals surface area contributed by atoms with Gasteiger partial charge in [0.15, 0.2) is 0 Å². The van der Waals surface area contributed by atoms with Crippen molar-refractivity contribution >= 4 is 30.1 Å². The number of carbonyl (C=O) groups excluding carboxylic acids is 3. The molecule has 4 atom stereocenters. The van der Waals surface area contributed by atoms with Crippen molar-refractivity contribution < 1.29 is 14.4 Å². The number of nitrogens with one attached hydrogen (secondary N) is 2. The molecule has 27 heavy (non-hydrogen) atoms. The number of nitrogens with zero attached hydrogens (tertiary/aromatic N) is 1. The molecular weight excluding hydrogens is 368 g/mol. The summed E-state index contributed by atoms with van der Waals surface area (Å²) in [6, 6.07) is 8.03. The summed E-state index contributed by atoms with van der Waals surface area (Å²) >= 11 is 0. The molecule has 148 valence electrons. The van der Waals surface area contributed by atoms with E-state index in [1.54, 1.807) is 11.8 Å². The van der Waals surface area contributed by atoms with Crippen LogP contribution in [0.15, 0.2) is 30.3 Å². The van der Waals surface area contributed by atoms with Crippen LogP contribution >= 0.6 is 12.4 Å². The summed E-state index contributed by atoms with van der Waals surface area (Å²) in [6.07, 6.45) is 2.86. The Morgan fingerprint density at radius 2 is 1.85 bits per heavy atom. The zero-order chi connectivity index (χ0) is 18.7. The third-order valence-corrected chi connectivity index (χ3v) is 5.19. The zero-order valence-corrected chi connectivity index (χ0v) is 16.2. The largest absolute Gasteiger partial charge is 0.350 e. The van der Waals surface area contributed by atoms with Gasteiger partial charge >= 0.3 is 0 Å². The van der Waals surface area contributed by atoms with Gasteiger partial charge < -0.3 is 21.3 Å². The highest BCUT2D eigenvalue weighted by atomic mass is 35.5. The average molecular weight is 395 g/mol. The highest BCUT2D eigenvalue weighted by molar-refractivity contribution is 5.94. The maximum absolute atomic E-state index is 12.8. The Hall–Kier alpha value is -2.12. The lowest BCUT2D eigenvalue weighted by molar-refractivity contribution is -0.146.